The van der Waals surface area contributed by atoms with Crippen LogP contribution in [0.1, 0.15) is 41.5 Å². The van der Waals surface area contributed by atoms with Crippen molar-refractivity contribution < 1.29 is 15.3 Å². The fraction of sp³-hybridized carbons (Fsp3) is 1.00. The normalized spacial score (nSPS) is 13.5. The molecule has 0 aromatic carbocycles. The van der Waals surface area contributed by atoms with E-state index in [1.165, 1.54) is 0 Å². The van der Waals surface area contributed by atoms with Gasteiger partial charge in [-0.3, -0.25) is 0 Å². The maximum Gasteiger partial charge on any atom is 0.271 e. The highest BCUT2D eigenvalue weighted by Crippen LogP contribution is 2.37. The maximum atomic E-state index is 12.8. The summed E-state index contributed by atoms with van der Waals surface area (Å²) in [6, 6.07) is 0. The van der Waals surface area contributed by atoms with Crippen LogP contribution in [-0.4, -0.2) is 17.6 Å². The van der Waals surface area contributed by atoms with E-state index in [0.717, 1.165) is 12.8 Å². The van der Waals surface area contributed by atoms with E-state index in [1.807, 2.05) is 20.8 Å². The highest BCUT2D eigenvalue weighted by Gasteiger charge is 2.36. The molecule has 0 aliphatic rings. The Morgan fingerprint density at radius 1 is 1.25 bits per heavy atom. The Morgan fingerprint density at radius 3 is 1.92 bits per heavy atom. The molecule has 0 aliphatic carbocycles. The van der Waals surface area contributed by atoms with Gasteiger partial charge in [0.1, 0.15) is 6.61 Å². The van der Waals surface area contributed by atoms with Gasteiger partial charge in [-0.05, 0) is 5.41 Å². The number of halogens is 2. The summed E-state index contributed by atoms with van der Waals surface area (Å²) in [6.07, 6.45) is 1.22. The van der Waals surface area contributed by atoms with E-state index >= 15 is 0 Å². The Bertz CT molecular complexity index is 136. The quantitative estimate of drug-likeness (QED) is 0.692. The van der Waals surface area contributed by atoms with E-state index in [-0.39, 0.29) is 13.3 Å². The lowest BCUT2D eigenvalue weighted by Crippen LogP contribution is -2.30. The Labute approximate surface area is 74.3 Å². The smallest absolute Gasteiger partial charge is 0.271 e. The van der Waals surface area contributed by atoms with E-state index in [9.17, 15) is 8.78 Å². The van der Waals surface area contributed by atoms with Crippen LogP contribution in [0.2, 0.25) is 0 Å². The molecular formula is C9H20F2O. The Hall–Kier alpha value is -0.180. The van der Waals surface area contributed by atoms with Crippen molar-refractivity contribution in [3.8, 4) is 0 Å². The molecular weight excluding hydrogens is 162 g/mol. The molecule has 0 rings (SSSR count). The number of aliphatic hydroxyl groups excluding tert-OH is 1. The van der Waals surface area contributed by atoms with Gasteiger partial charge in [-0.2, -0.15) is 0 Å². The molecule has 1 nitrogen and oxygen atoms in total. The van der Waals surface area contributed by atoms with Gasteiger partial charge in [-0.25, -0.2) is 8.78 Å². The largest absolute Gasteiger partial charge is 0.390 e. The van der Waals surface area contributed by atoms with Gasteiger partial charge in [-0.1, -0.05) is 33.6 Å². The molecule has 0 saturated carbocycles. The molecule has 0 saturated heterocycles. The summed E-state index contributed by atoms with van der Waals surface area (Å²) >= 11 is 0. The van der Waals surface area contributed by atoms with Crippen LogP contribution in [-0.2, 0) is 0 Å². The number of aliphatic hydroxyl groups is 1. The van der Waals surface area contributed by atoms with E-state index < -0.39 is 12.5 Å². The molecule has 0 aromatic heterocycles. The minimum absolute atomic E-state index is 0. The highest BCUT2D eigenvalue weighted by molar-refractivity contribution is 4.79. The molecule has 12 heavy (non-hydrogen) atoms. The zero-order valence-corrected chi connectivity index (χ0v) is 8.03. The minimum Gasteiger partial charge on any atom is -0.390 e. The van der Waals surface area contributed by atoms with Crippen molar-refractivity contribution in [2.45, 2.75) is 46.0 Å². The lowest BCUT2D eigenvalue weighted by Gasteiger charge is -2.30. The molecule has 3 heteroatoms. The van der Waals surface area contributed by atoms with Gasteiger partial charge in [0.15, 0.2) is 0 Å². The average Bonchev–Trinajstić information content (AvgIpc) is 2.04. The first-order valence-corrected chi connectivity index (χ1v) is 4.38. The fourth-order valence-corrected chi connectivity index (χ4v) is 1.18. The second-order valence-corrected chi connectivity index (χ2v) is 3.71. The number of alkyl halides is 2. The standard InChI is InChI=1S/C9H18F2O.H2/c1-4-8(3,5-2)6-9(10,11)7-12;/h12H,4-7H2,1-3H3;1H. The number of rotatable bonds is 5. The first kappa shape index (κ1) is 11.8. The van der Waals surface area contributed by atoms with Gasteiger partial charge < -0.3 is 5.11 Å². The summed E-state index contributed by atoms with van der Waals surface area (Å²) in [5.41, 5.74) is -0.341. The summed E-state index contributed by atoms with van der Waals surface area (Å²) in [7, 11) is 0. The molecule has 0 amide bonds. The molecule has 0 aromatic rings. The summed E-state index contributed by atoms with van der Waals surface area (Å²) in [5.74, 6) is -2.92. The topological polar surface area (TPSA) is 20.2 Å². The van der Waals surface area contributed by atoms with E-state index in [0.29, 0.717) is 0 Å². The molecule has 0 atom stereocenters. The van der Waals surface area contributed by atoms with Crippen LogP contribution in [0.15, 0.2) is 0 Å². The summed E-state index contributed by atoms with van der Waals surface area (Å²) in [5, 5.41) is 8.40. The predicted molar refractivity (Wildman–Crippen MR) is 47.5 cm³/mol. The number of hydrogen-bond donors (Lipinski definition) is 1. The zero-order valence-electron chi connectivity index (χ0n) is 8.03. The summed E-state index contributed by atoms with van der Waals surface area (Å²) in [4.78, 5) is 0. The second kappa shape index (κ2) is 4.17. The van der Waals surface area contributed by atoms with Crippen molar-refractivity contribution in [1.29, 1.82) is 0 Å². The summed E-state index contributed by atoms with van der Waals surface area (Å²) < 4.78 is 25.5. The first-order chi connectivity index (χ1) is 5.39. The third-order valence-corrected chi connectivity index (χ3v) is 2.62. The van der Waals surface area contributed by atoms with Gasteiger partial charge in [-0.15, -0.1) is 0 Å². The van der Waals surface area contributed by atoms with E-state index in [2.05, 4.69) is 0 Å². The minimum atomic E-state index is -2.92. The van der Waals surface area contributed by atoms with Crippen LogP contribution in [0.25, 0.3) is 0 Å². The van der Waals surface area contributed by atoms with Crippen molar-refractivity contribution in [3.63, 3.8) is 0 Å². The molecule has 0 unspecified atom stereocenters. The second-order valence-electron chi connectivity index (χ2n) is 3.71. The third-order valence-electron chi connectivity index (χ3n) is 2.62. The Kier molecular flexibility index (Phi) is 4.11. The predicted octanol–water partition coefficient (Wildman–Crippen LogP) is 3.08. The van der Waals surface area contributed by atoms with Gasteiger partial charge in [0.25, 0.3) is 5.92 Å². The molecule has 0 bridgehead atoms. The van der Waals surface area contributed by atoms with Gasteiger partial charge in [0.2, 0.25) is 0 Å². The van der Waals surface area contributed by atoms with Gasteiger partial charge >= 0.3 is 0 Å². The van der Waals surface area contributed by atoms with Crippen LogP contribution in [0.4, 0.5) is 8.78 Å². The van der Waals surface area contributed by atoms with Crippen molar-refractivity contribution >= 4 is 0 Å². The summed E-state index contributed by atoms with van der Waals surface area (Å²) in [6.45, 7) is 4.59. The lowest BCUT2D eigenvalue weighted by molar-refractivity contribution is -0.0839. The Morgan fingerprint density at radius 2 is 1.67 bits per heavy atom. The zero-order chi connectivity index (χ0) is 9.83. The number of hydrogen-bond acceptors (Lipinski definition) is 1. The van der Waals surface area contributed by atoms with Crippen LogP contribution >= 0.6 is 0 Å². The van der Waals surface area contributed by atoms with Crippen LogP contribution in [0.5, 0.6) is 0 Å². The molecule has 0 heterocycles. The molecule has 0 fully saturated rings. The fourth-order valence-electron chi connectivity index (χ4n) is 1.18. The van der Waals surface area contributed by atoms with E-state index in [4.69, 9.17) is 5.11 Å². The average molecular weight is 182 g/mol. The molecule has 0 spiro atoms. The van der Waals surface area contributed by atoms with E-state index in [1.54, 1.807) is 0 Å². The van der Waals surface area contributed by atoms with Crippen molar-refractivity contribution in [2.24, 2.45) is 5.41 Å². The van der Waals surface area contributed by atoms with Crippen LogP contribution in [0, 0.1) is 5.41 Å². The molecule has 0 aliphatic heterocycles. The van der Waals surface area contributed by atoms with Crippen molar-refractivity contribution in [1.82, 2.24) is 0 Å². The first-order valence-electron chi connectivity index (χ1n) is 4.38. The van der Waals surface area contributed by atoms with Gasteiger partial charge in [0, 0.05) is 7.85 Å². The SMILES string of the molecule is CCC(C)(CC)CC(F)(F)CO.[HH]. The highest BCUT2D eigenvalue weighted by atomic mass is 19.3. The van der Waals surface area contributed by atoms with Crippen molar-refractivity contribution in [3.05, 3.63) is 0 Å². The molecule has 76 valence electrons. The lowest BCUT2D eigenvalue weighted by atomic mass is 9.79. The monoisotopic (exact) mass is 182 g/mol. The Balaban J connectivity index is 0. The van der Waals surface area contributed by atoms with Crippen molar-refractivity contribution in [2.75, 3.05) is 6.61 Å². The molecule has 1 N–H and O–H groups in total. The van der Waals surface area contributed by atoms with Crippen LogP contribution in [0.3, 0.4) is 0 Å². The maximum absolute atomic E-state index is 12.8. The molecule has 0 radical (unpaired) electrons. The third kappa shape index (κ3) is 3.48. The van der Waals surface area contributed by atoms with Crippen LogP contribution < -0.4 is 0 Å². The van der Waals surface area contributed by atoms with Gasteiger partial charge in [0.05, 0.1) is 0 Å².